The molecule has 2 atom stereocenters. The van der Waals surface area contributed by atoms with Crippen LogP contribution < -0.4 is 5.73 Å². The van der Waals surface area contributed by atoms with E-state index in [9.17, 15) is 13.6 Å². The lowest BCUT2D eigenvalue weighted by Gasteiger charge is -2.17. The summed E-state index contributed by atoms with van der Waals surface area (Å²) >= 11 is 0. The summed E-state index contributed by atoms with van der Waals surface area (Å²) in [7, 11) is 0. The monoisotopic (exact) mass is 366 g/mol. The molecule has 1 amide bonds. The SMILES string of the molecule is Cl.NC[C@@H]1CN(C(=O)Cc2c(F)cccc2F)C[C@H]1c1ccccc1. The molecule has 0 radical (unpaired) electrons. The Morgan fingerprint density at radius 1 is 1.04 bits per heavy atom. The number of carbonyl (C=O) groups excluding carboxylic acids is 1. The number of carbonyl (C=O) groups is 1. The average Bonchev–Trinajstić information content (AvgIpc) is 3.03. The molecule has 3 nitrogen and oxygen atoms in total. The number of benzene rings is 2. The van der Waals surface area contributed by atoms with Gasteiger partial charge in [0.25, 0.3) is 0 Å². The molecule has 134 valence electrons. The number of nitrogens with two attached hydrogens (primary N) is 1. The highest BCUT2D eigenvalue weighted by atomic mass is 35.5. The second-order valence-corrected chi connectivity index (χ2v) is 6.19. The molecule has 0 unspecified atom stereocenters. The quantitative estimate of drug-likeness (QED) is 0.903. The second kappa shape index (κ2) is 8.41. The molecular formula is C19H21ClF2N2O. The smallest absolute Gasteiger partial charge is 0.227 e. The fourth-order valence-electron chi connectivity index (χ4n) is 3.36. The first-order chi connectivity index (χ1) is 11.6. The summed E-state index contributed by atoms with van der Waals surface area (Å²) in [5.41, 5.74) is 6.83. The van der Waals surface area contributed by atoms with Crippen molar-refractivity contribution in [1.82, 2.24) is 4.90 Å². The van der Waals surface area contributed by atoms with E-state index in [0.29, 0.717) is 19.6 Å². The molecule has 25 heavy (non-hydrogen) atoms. The van der Waals surface area contributed by atoms with Gasteiger partial charge in [0, 0.05) is 24.6 Å². The van der Waals surface area contributed by atoms with E-state index in [0.717, 1.165) is 5.56 Å². The third kappa shape index (κ3) is 4.17. The number of nitrogens with zero attached hydrogens (tertiary/aromatic N) is 1. The van der Waals surface area contributed by atoms with Gasteiger partial charge in [0.2, 0.25) is 5.91 Å². The molecule has 2 aromatic carbocycles. The van der Waals surface area contributed by atoms with Crippen LogP contribution in [-0.2, 0) is 11.2 Å². The molecule has 1 aliphatic rings. The van der Waals surface area contributed by atoms with Crippen LogP contribution in [0.1, 0.15) is 17.0 Å². The van der Waals surface area contributed by atoms with Gasteiger partial charge in [-0.15, -0.1) is 12.4 Å². The van der Waals surface area contributed by atoms with Crippen molar-refractivity contribution < 1.29 is 13.6 Å². The van der Waals surface area contributed by atoms with Crippen LogP contribution in [0.3, 0.4) is 0 Å². The summed E-state index contributed by atoms with van der Waals surface area (Å²) in [6.45, 7) is 1.52. The fraction of sp³-hybridized carbons (Fsp3) is 0.316. The van der Waals surface area contributed by atoms with Gasteiger partial charge in [0.15, 0.2) is 0 Å². The van der Waals surface area contributed by atoms with E-state index < -0.39 is 11.6 Å². The predicted octanol–water partition coefficient (Wildman–Crippen LogP) is 3.13. The van der Waals surface area contributed by atoms with Crippen molar-refractivity contribution in [1.29, 1.82) is 0 Å². The zero-order chi connectivity index (χ0) is 17.1. The van der Waals surface area contributed by atoms with Gasteiger partial charge in [-0.3, -0.25) is 4.79 Å². The van der Waals surface area contributed by atoms with Gasteiger partial charge in [-0.05, 0) is 30.2 Å². The van der Waals surface area contributed by atoms with Crippen LogP contribution in [-0.4, -0.2) is 30.4 Å². The normalized spacial score (nSPS) is 19.6. The molecule has 3 rings (SSSR count). The van der Waals surface area contributed by atoms with Crippen LogP contribution in [0.2, 0.25) is 0 Å². The maximum Gasteiger partial charge on any atom is 0.227 e. The molecule has 1 saturated heterocycles. The lowest BCUT2D eigenvalue weighted by molar-refractivity contribution is -0.129. The van der Waals surface area contributed by atoms with Crippen LogP contribution in [0, 0.1) is 17.6 Å². The third-order valence-corrected chi connectivity index (χ3v) is 4.71. The number of rotatable bonds is 4. The summed E-state index contributed by atoms with van der Waals surface area (Å²) in [5.74, 6) is -1.32. The average molecular weight is 367 g/mol. The Morgan fingerprint density at radius 2 is 1.68 bits per heavy atom. The van der Waals surface area contributed by atoms with E-state index >= 15 is 0 Å². The van der Waals surface area contributed by atoms with Gasteiger partial charge in [0.1, 0.15) is 11.6 Å². The van der Waals surface area contributed by atoms with Gasteiger partial charge < -0.3 is 10.6 Å². The van der Waals surface area contributed by atoms with E-state index in [1.165, 1.54) is 18.2 Å². The molecule has 0 spiro atoms. The Bertz CT molecular complexity index is 706. The van der Waals surface area contributed by atoms with E-state index in [1.807, 2.05) is 30.3 Å². The molecule has 2 N–H and O–H groups in total. The van der Waals surface area contributed by atoms with Gasteiger partial charge in [-0.25, -0.2) is 8.78 Å². The van der Waals surface area contributed by atoms with Crippen molar-refractivity contribution in [2.75, 3.05) is 19.6 Å². The van der Waals surface area contributed by atoms with Gasteiger partial charge in [-0.2, -0.15) is 0 Å². The molecular weight excluding hydrogens is 346 g/mol. The lowest BCUT2D eigenvalue weighted by atomic mass is 9.89. The number of likely N-dealkylation sites (tertiary alicyclic amines) is 1. The number of hydrogen-bond acceptors (Lipinski definition) is 2. The van der Waals surface area contributed by atoms with Gasteiger partial charge in [-0.1, -0.05) is 36.4 Å². The minimum Gasteiger partial charge on any atom is -0.341 e. The molecule has 0 aliphatic carbocycles. The number of hydrogen-bond donors (Lipinski definition) is 1. The van der Waals surface area contributed by atoms with E-state index in [2.05, 4.69) is 0 Å². The summed E-state index contributed by atoms with van der Waals surface area (Å²) in [5, 5.41) is 0. The maximum atomic E-state index is 13.8. The molecule has 0 saturated carbocycles. The topological polar surface area (TPSA) is 46.3 Å². The Labute approximate surface area is 152 Å². The molecule has 0 aromatic heterocycles. The van der Waals surface area contributed by atoms with Crippen molar-refractivity contribution in [3.05, 3.63) is 71.3 Å². The first-order valence-electron chi connectivity index (χ1n) is 8.05. The first-order valence-corrected chi connectivity index (χ1v) is 8.05. The highest BCUT2D eigenvalue weighted by molar-refractivity contribution is 5.85. The van der Waals surface area contributed by atoms with Crippen LogP contribution in [0.25, 0.3) is 0 Å². The van der Waals surface area contributed by atoms with Crippen molar-refractivity contribution in [3.8, 4) is 0 Å². The molecule has 1 fully saturated rings. The van der Waals surface area contributed by atoms with Crippen molar-refractivity contribution >= 4 is 18.3 Å². The molecule has 2 aromatic rings. The lowest BCUT2D eigenvalue weighted by Crippen LogP contribution is -2.31. The Balaban J connectivity index is 0.00000225. The van der Waals surface area contributed by atoms with E-state index in [-0.39, 0.29) is 42.1 Å². The van der Waals surface area contributed by atoms with Gasteiger partial charge in [0.05, 0.1) is 6.42 Å². The van der Waals surface area contributed by atoms with Crippen LogP contribution in [0.5, 0.6) is 0 Å². The highest BCUT2D eigenvalue weighted by Gasteiger charge is 2.35. The highest BCUT2D eigenvalue weighted by Crippen LogP contribution is 2.32. The van der Waals surface area contributed by atoms with Crippen molar-refractivity contribution in [2.24, 2.45) is 11.7 Å². The van der Waals surface area contributed by atoms with Crippen LogP contribution in [0.15, 0.2) is 48.5 Å². The Kier molecular flexibility index (Phi) is 6.51. The van der Waals surface area contributed by atoms with Crippen molar-refractivity contribution in [2.45, 2.75) is 12.3 Å². The minimum absolute atomic E-state index is 0. The molecule has 1 aliphatic heterocycles. The zero-order valence-corrected chi connectivity index (χ0v) is 14.5. The first kappa shape index (κ1) is 19.3. The third-order valence-electron chi connectivity index (χ3n) is 4.71. The minimum atomic E-state index is -0.683. The molecule has 0 bridgehead atoms. The van der Waals surface area contributed by atoms with E-state index in [4.69, 9.17) is 5.73 Å². The largest absolute Gasteiger partial charge is 0.341 e. The summed E-state index contributed by atoms with van der Waals surface area (Å²) in [6.07, 6.45) is -0.267. The molecule has 6 heteroatoms. The maximum absolute atomic E-state index is 13.8. The summed E-state index contributed by atoms with van der Waals surface area (Å²) in [4.78, 5) is 14.2. The van der Waals surface area contributed by atoms with Gasteiger partial charge >= 0.3 is 0 Å². The van der Waals surface area contributed by atoms with Crippen molar-refractivity contribution in [3.63, 3.8) is 0 Å². The summed E-state index contributed by atoms with van der Waals surface area (Å²) < 4.78 is 27.5. The second-order valence-electron chi connectivity index (χ2n) is 6.19. The Hall–Kier alpha value is -1.98. The Morgan fingerprint density at radius 3 is 2.28 bits per heavy atom. The molecule has 1 heterocycles. The number of halogens is 3. The summed E-state index contributed by atoms with van der Waals surface area (Å²) in [6, 6.07) is 13.6. The standard InChI is InChI=1S/C19H20F2N2O.ClH/c20-17-7-4-8-18(21)15(17)9-19(24)23-11-14(10-22)16(12-23)13-5-2-1-3-6-13;/h1-8,14,16H,9-12,22H2;1H/t14-,16+;/m1./s1. The number of amides is 1. The van der Waals surface area contributed by atoms with E-state index in [1.54, 1.807) is 4.90 Å². The predicted molar refractivity (Wildman–Crippen MR) is 95.6 cm³/mol. The van der Waals surface area contributed by atoms with Crippen LogP contribution in [0.4, 0.5) is 8.78 Å². The fourth-order valence-corrected chi connectivity index (χ4v) is 3.36. The van der Waals surface area contributed by atoms with Crippen LogP contribution >= 0.6 is 12.4 Å². The zero-order valence-electron chi connectivity index (χ0n) is 13.7.